The first-order chi connectivity index (χ1) is 6.27. The summed E-state index contributed by atoms with van der Waals surface area (Å²) < 4.78 is 0. The standard InChI is InChI=1S/C11H11NO/c1-9-4-5-10(8-13)7-11(9)3-2-6-12/h2-5,7,13H,8H2,1H3. The number of hydrogen-bond acceptors (Lipinski definition) is 2. The number of aliphatic hydroxyl groups excluding tert-OH is 1. The molecule has 0 saturated heterocycles. The van der Waals surface area contributed by atoms with Crippen LogP contribution in [-0.2, 0) is 6.61 Å². The molecular weight excluding hydrogens is 162 g/mol. The quantitative estimate of drug-likeness (QED) is 0.695. The molecule has 0 amide bonds. The highest BCUT2D eigenvalue weighted by Gasteiger charge is 1.95. The van der Waals surface area contributed by atoms with Gasteiger partial charge in [-0.15, -0.1) is 0 Å². The Kier molecular flexibility index (Phi) is 3.24. The van der Waals surface area contributed by atoms with Gasteiger partial charge in [-0.2, -0.15) is 5.26 Å². The Morgan fingerprint density at radius 3 is 2.92 bits per heavy atom. The predicted octanol–water partition coefficient (Wildman–Crippen LogP) is 2.02. The van der Waals surface area contributed by atoms with Crippen molar-refractivity contribution in [1.29, 1.82) is 5.26 Å². The van der Waals surface area contributed by atoms with Crippen molar-refractivity contribution in [3.05, 3.63) is 41.0 Å². The molecule has 1 N–H and O–H groups in total. The summed E-state index contributed by atoms with van der Waals surface area (Å²) in [6, 6.07) is 7.62. The molecule has 2 nitrogen and oxygen atoms in total. The van der Waals surface area contributed by atoms with Gasteiger partial charge in [-0.05, 0) is 35.8 Å². The SMILES string of the molecule is Cc1ccc(CO)cc1C=CC#N. The molecule has 1 aromatic carbocycles. The monoisotopic (exact) mass is 173 g/mol. The first kappa shape index (κ1) is 9.50. The predicted molar refractivity (Wildman–Crippen MR) is 51.7 cm³/mol. The number of rotatable bonds is 2. The van der Waals surface area contributed by atoms with E-state index >= 15 is 0 Å². The minimum absolute atomic E-state index is 0.0354. The number of nitrogens with zero attached hydrogens (tertiary/aromatic N) is 1. The van der Waals surface area contributed by atoms with Gasteiger partial charge < -0.3 is 5.11 Å². The molecule has 0 heterocycles. The first-order valence-electron chi connectivity index (χ1n) is 4.04. The van der Waals surface area contributed by atoms with Crippen molar-refractivity contribution in [2.24, 2.45) is 0 Å². The van der Waals surface area contributed by atoms with E-state index in [4.69, 9.17) is 10.4 Å². The van der Waals surface area contributed by atoms with Gasteiger partial charge in [-0.25, -0.2) is 0 Å². The lowest BCUT2D eigenvalue weighted by molar-refractivity contribution is 0.282. The van der Waals surface area contributed by atoms with Crippen molar-refractivity contribution in [3.8, 4) is 6.07 Å². The minimum atomic E-state index is 0.0354. The molecule has 0 unspecified atom stereocenters. The van der Waals surface area contributed by atoms with Crippen molar-refractivity contribution >= 4 is 6.08 Å². The van der Waals surface area contributed by atoms with E-state index in [2.05, 4.69) is 0 Å². The Balaban J connectivity index is 3.05. The lowest BCUT2D eigenvalue weighted by Crippen LogP contribution is -1.86. The number of aliphatic hydroxyl groups is 1. The Morgan fingerprint density at radius 2 is 2.31 bits per heavy atom. The van der Waals surface area contributed by atoms with E-state index < -0.39 is 0 Å². The Morgan fingerprint density at radius 1 is 1.54 bits per heavy atom. The van der Waals surface area contributed by atoms with Crippen LogP contribution in [0, 0.1) is 18.3 Å². The third-order valence-corrected chi connectivity index (χ3v) is 1.86. The summed E-state index contributed by atoms with van der Waals surface area (Å²) in [5, 5.41) is 17.2. The van der Waals surface area contributed by atoms with Gasteiger partial charge in [-0.1, -0.05) is 12.1 Å². The van der Waals surface area contributed by atoms with Crippen LogP contribution in [0.1, 0.15) is 16.7 Å². The van der Waals surface area contributed by atoms with E-state index in [0.29, 0.717) is 0 Å². The number of aryl methyl sites for hydroxylation is 1. The van der Waals surface area contributed by atoms with E-state index in [0.717, 1.165) is 16.7 Å². The Labute approximate surface area is 77.8 Å². The second kappa shape index (κ2) is 4.44. The molecular formula is C11H11NO. The highest BCUT2D eigenvalue weighted by atomic mass is 16.3. The first-order valence-corrected chi connectivity index (χ1v) is 4.04. The molecule has 66 valence electrons. The maximum Gasteiger partial charge on any atom is 0.0912 e. The zero-order chi connectivity index (χ0) is 9.68. The van der Waals surface area contributed by atoms with E-state index in [1.54, 1.807) is 6.08 Å². The third kappa shape index (κ3) is 2.43. The molecule has 0 bridgehead atoms. The van der Waals surface area contributed by atoms with E-state index in [1.807, 2.05) is 31.2 Å². The van der Waals surface area contributed by atoms with E-state index in [9.17, 15) is 0 Å². The van der Waals surface area contributed by atoms with Crippen LogP contribution in [0.15, 0.2) is 24.3 Å². The number of allylic oxidation sites excluding steroid dienone is 1. The molecule has 0 aromatic heterocycles. The van der Waals surface area contributed by atoms with Gasteiger partial charge in [0.2, 0.25) is 0 Å². The lowest BCUT2D eigenvalue weighted by Gasteiger charge is -2.02. The summed E-state index contributed by atoms with van der Waals surface area (Å²) in [5.41, 5.74) is 2.94. The molecule has 0 aliphatic heterocycles. The van der Waals surface area contributed by atoms with Crippen LogP contribution in [-0.4, -0.2) is 5.11 Å². The molecule has 0 radical (unpaired) electrons. The highest BCUT2D eigenvalue weighted by Crippen LogP contribution is 2.12. The average Bonchev–Trinajstić information content (AvgIpc) is 2.17. The van der Waals surface area contributed by atoms with Crippen molar-refractivity contribution in [1.82, 2.24) is 0 Å². The van der Waals surface area contributed by atoms with Crippen molar-refractivity contribution in [2.75, 3.05) is 0 Å². The lowest BCUT2D eigenvalue weighted by atomic mass is 10.1. The summed E-state index contributed by atoms with van der Waals surface area (Å²) >= 11 is 0. The molecule has 2 heteroatoms. The van der Waals surface area contributed by atoms with Crippen LogP contribution in [0.25, 0.3) is 6.08 Å². The maximum absolute atomic E-state index is 8.89. The van der Waals surface area contributed by atoms with Gasteiger partial charge in [0, 0.05) is 6.08 Å². The topological polar surface area (TPSA) is 44.0 Å². The van der Waals surface area contributed by atoms with Crippen LogP contribution < -0.4 is 0 Å². The fourth-order valence-electron chi connectivity index (χ4n) is 1.09. The van der Waals surface area contributed by atoms with Crippen molar-refractivity contribution < 1.29 is 5.11 Å². The average molecular weight is 173 g/mol. The van der Waals surface area contributed by atoms with Gasteiger partial charge >= 0.3 is 0 Å². The second-order valence-electron chi connectivity index (χ2n) is 2.81. The highest BCUT2D eigenvalue weighted by molar-refractivity contribution is 5.56. The zero-order valence-electron chi connectivity index (χ0n) is 7.49. The van der Waals surface area contributed by atoms with Crippen molar-refractivity contribution in [3.63, 3.8) is 0 Å². The van der Waals surface area contributed by atoms with Gasteiger partial charge in [0.15, 0.2) is 0 Å². The van der Waals surface area contributed by atoms with Crippen LogP contribution in [0.4, 0.5) is 0 Å². The fourth-order valence-corrected chi connectivity index (χ4v) is 1.09. The normalized spacial score (nSPS) is 10.2. The van der Waals surface area contributed by atoms with Gasteiger partial charge in [0.05, 0.1) is 12.7 Å². The van der Waals surface area contributed by atoms with Gasteiger partial charge in [0.1, 0.15) is 0 Å². The van der Waals surface area contributed by atoms with E-state index in [-0.39, 0.29) is 6.61 Å². The Hall–Kier alpha value is -1.59. The Bertz CT molecular complexity index is 361. The molecule has 1 rings (SSSR count). The summed E-state index contributed by atoms with van der Waals surface area (Å²) in [5.74, 6) is 0. The van der Waals surface area contributed by atoms with E-state index in [1.165, 1.54) is 6.08 Å². The molecule has 0 saturated carbocycles. The third-order valence-electron chi connectivity index (χ3n) is 1.86. The fraction of sp³-hybridized carbons (Fsp3) is 0.182. The summed E-state index contributed by atoms with van der Waals surface area (Å²) in [6.07, 6.45) is 3.18. The number of benzene rings is 1. The zero-order valence-corrected chi connectivity index (χ0v) is 7.49. The molecule has 0 atom stereocenters. The summed E-state index contributed by atoms with van der Waals surface area (Å²) in [6.45, 7) is 2.01. The number of nitriles is 1. The molecule has 0 aliphatic carbocycles. The van der Waals surface area contributed by atoms with Gasteiger partial charge in [-0.3, -0.25) is 0 Å². The molecule has 0 fully saturated rings. The van der Waals surface area contributed by atoms with Crippen LogP contribution >= 0.6 is 0 Å². The maximum atomic E-state index is 8.89. The van der Waals surface area contributed by atoms with Crippen molar-refractivity contribution in [2.45, 2.75) is 13.5 Å². The number of hydrogen-bond donors (Lipinski definition) is 1. The van der Waals surface area contributed by atoms with Gasteiger partial charge in [0.25, 0.3) is 0 Å². The molecule has 0 aliphatic rings. The second-order valence-corrected chi connectivity index (χ2v) is 2.81. The molecule has 0 spiro atoms. The summed E-state index contributed by atoms with van der Waals surface area (Å²) in [7, 11) is 0. The van der Waals surface area contributed by atoms with Crippen LogP contribution in [0.5, 0.6) is 0 Å². The minimum Gasteiger partial charge on any atom is -0.392 e. The smallest absolute Gasteiger partial charge is 0.0912 e. The molecule has 1 aromatic rings. The summed E-state index contributed by atoms with van der Waals surface area (Å²) in [4.78, 5) is 0. The van der Waals surface area contributed by atoms with Crippen LogP contribution in [0.2, 0.25) is 0 Å². The molecule has 13 heavy (non-hydrogen) atoms. The largest absolute Gasteiger partial charge is 0.392 e. The van der Waals surface area contributed by atoms with Crippen LogP contribution in [0.3, 0.4) is 0 Å².